The molecule has 124 valence electrons. The number of halogens is 2. The zero-order valence-corrected chi connectivity index (χ0v) is 12.3. The molecule has 1 aromatic heterocycles. The van der Waals surface area contributed by atoms with Crippen LogP contribution in [0, 0.1) is 10.1 Å². The van der Waals surface area contributed by atoms with Crippen LogP contribution < -0.4 is 10.3 Å². The minimum Gasteiger partial charge on any atom is -0.477 e. The van der Waals surface area contributed by atoms with E-state index in [9.17, 15) is 23.7 Å². The van der Waals surface area contributed by atoms with E-state index >= 15 is 0 Å². The molecule has 0 atom stereocenters. The molecule has 0 spiro atoms. The topological polar surface area (TPSA) is 74.4 Å². The molecule has 0 amide bonds. The molecule has 3 rings (SSSR count). The molecule has 0 radical (unpaired) electrons. The first-order valence-corrected chi connectivity index (χ1v) is 7.00. The number of aromatic nitrogens is 1. The van der Waals surface area contributed by atoms with E-state index in [0.29, 0.717) is 0 Å². The van der Waals surface area contributed by atoms with Gasteiger partial charge in [-0.2, -0.15) is 0 Å². The standard InChI is InChI=1S/C16H12F2N2O4/c17-9-16(10-18)8-13(19-6-2-1-3-15(19)21)12-7-11(20(22)23)4-5-14(12)24-16/h1-8H,9-10H2. The van der Waals surface area contributed by atoms with E-state index in [2.05, 4.69) is 0 Å². The fourth-order valence-electron chi connectivity index (χ4n) is 2.49. The lowest BCUT2D eigenvalue weighted by atomic mass is 9.97. The first-order valence-electron chi connectivity index (χ1n) is 7.00. The highest BCUT2D eigenvalue weighted by molar-refractivity contribution is 5.75. The SMILES string of the molecule is O=c1ccccn1C1=CC(CF)(CF)Oc2ccc([N+](=O)[O-])cc21. The fourth-order valence-corrected chi connectivity index (χ4v) is 2.49. The largest absolute Gasteiger partial charge is 0.477 e. The zero-order chi connectivity index (χ0) is 17.3. The maximum Gasteiger partial charge on any atom is 0.270 e. The highest BCUT2D eigenvalue weighted by Crippen LogP contribution is 2.39. The summed E-state index contributed by atoms with van der Waals surface area (Å²) in [5.74, 6) is 0.0733. The van der Waals surface area contributed by atoms with Gasteiger partial charge in [0.15, 0.2) is 5.60 Å². The van der Waals surface area contributed by atoms with Gasteiger partial charge in [0.2, 0.25) is 0 Å². The first-order chi connectivity index (χ1) is 11.5. The Labute approximate surface area is 134 Å². The van der Waals surface area contributed by atoms with Crippen molar-refractivity contribution in [2.75, 3.05) is 13.3 Å². The summed E-state index contributed by atoms with van der Waals surface area (Å²) < 4.78 is 33.4. The van der Waals surface area contributed by atoms with Crippen molar-refractivity contribution in [3.05, 3.63) is 74.7 Å². The lowest BCUT2D eigenvalue weighted by molar-refractivity contribution is -0.384. The summed E-state index contributed by atoms with van der Waals surface area (Å²) in [6.07, 6.45) is 2.57. The number of alkyl halides is 2. The van der Waals surface area contributed by atoms with Crippen molar-refractivity contribution in [1.82, 2.24) is 4.57 Å². The third-order valence-electron chi connectivity index (χ3n) is 3.70. The summed E-state index contributed by atoms with van der Waals surface area (Å²) in [4.78, 5) is 22.5. The molecule has 1 aliphatic rings. The summed E-state index contributed by atoms with van der Waals surface area (Å²) in [5.41, 5.74) is -2.17. The summed E-state index contributed by atoms with van der Waals surface area (Å²) >= 11 is 0. The summed E-state index contributed by atoms with van der Waals surface area (Å²) in [6, 6.07) is 8.03. The van der Waals surface area contributed by atoms with Crippen LogP contribution in [0.3, 0.4) is 0 Å². The van der Waals surface area contributed by atoms with Gasteiger partial charge in [-0.1, -0.05) is 6.07 Å². The average molecular weight is 334 g/mol. The number of hydrogen-bond donors (Lipinski definition) is 0. The lowest BCUT2D eigenvalue weighted by Crippen LogP contribution is -2.42. The van der Waals surface area contributed by atoms with Crippen molar-refractivity contribution in [2.45, 2.75) is 5.60 Å². The molecule has 0 saturated carbocycles. The minimum absolute atomic E-state index is 0.0733. The minimum atomic E-state index is -1.87. The Kier molecular flexibility index (Phi) is 3.88. The van der Waals surface area contributed by atoms with Gasteiger partial charge in [0.05, 0.1) is 10.6 Å². The van der Waals surface area contributed by atoms with Crippen LogP contribution in [0.25, 0.3) is 5.70 Å². The second kappa shape index (κ2) is 5.88. The Balaban J connectivity index is 2.28. The fraction of sp³-hybridized carbons (Fsp3) is 0.188. The Bertz CT molecular complexity index is 888. The molecule has 8 heteroatoms. The van der Waals surface area contributed by atoms with E-state index in [1.54, 1.807) is 6.07 Å². The molecule has 0 saturated heterocycles. The van der Waals surface area contributed by atoms with Crippen LogP contribution in [0.15, 0.2) is 53.5 Å². The number of nitro groups is 1. The van der Waals surface area contributed by atoms with Gasteiger partial charge in [-0.15, -0.1) is 0 Å². The van der Waals surface area contributed by atoms with Crippen LogP contribution in [0.5, 0.6) is 5.75 Å². The van der Waals surface area contributed by atoms with Crippen molar-refractivity contribution in [3.63, 3.8) is 0 Å². The number of nitro benzene ring substituents is 1. The van der Waals surface area contributed by atoms with E-state index in [1.807, 2.05) is 0 Å². The second-order valence-electron chi connectivity index (χ2n) is 5.31. The maximum absolute atomic E-state index is 13.4. The van der Waals surface area contributed by atoms with Gasteiger partial charge in [0.25, 0.3) is 11.2 Å². The van der Waals surface area contributed by atoms with Crippen LogP contribution in [0.4, 0.5) is 14.5 Å². The Hall–Kier alpha value is -3.03. The van der Waals surface area contributed by atoms with Crippen molar-refractivity contribution in [3.8, 4) is 5.75 Å². The lowest BCUT2D eigenvalue weighted by Gasteiger charge is -2.33. The zero-order valence-electron chi connectivity index (χ0n) is 12.3. The summed E-state index contributed by atoms with van der Waals surface area (Å²) in [6.45, 7) is -2.30. The van der Waals surface area contributed by atoms with Crippen LogP contribution in [0.1, 0.15) is 5.56 Å². The third kappa shape index (κ3) is 2.55. The molecule has 0 bridgehead atoms. The predicted octanol–water partition coefficient (Wildman–Crippen LogP) is 2.72. The number of rotatable bonds is 4. The molecule has 0 N–H and O–H groups in total. The number of ether oxygens (including phenoxy) is 1. The van der Waals surface area contributed by atoms with Gasteiger partial charge < -0.3 is 4.74 Å². The average Bonchev–Trinajstić information content (AvgIpc) is 2.60. The molecule has 1 aromatic carbocycles. The molecule has 2 heterocycles. The van der Waals surface area contributed by atoms with Gasteiger partial charge in [-0.05, 0) is 18.2 Å². The molecule has 0 fully saturated rings. The van der Waals surface area contributed by atoms with Crippen LogP contribution in [0.2, 0.25) is 0 Å². The Morgan fingerprint density at radius 2 is 1.96 bits per heavy atom. The number of nitrogens with zero attached hydrogens (tertiary/aromatic N) is 2. The summed E-state index contributed by atoms with van der Waals surface area (Å²) in [7, 11) is 0. The van der Waals surface area contributed by atoms with Crippen molar-refractivity contribution in [2.24, 2.45) is 0 Å². The molecule has 1 aliphatic heterocycles. The van der Waals surface area contributed by atoms with Crippen LogP contribution in [-0.2, 0) is 0 Å². The number of hydrogen-bond acceptors (Lipinski definition) is 4. The molecule has 0 aliphatic carbocycles. The molecule has 6 nitrogen and oxygen atoms in total. The monoisotopic (exact) mass is 334 g/mol. The molecular formula is C16H12F2N2O4. The summed E-state index contributed by atoms with van der Waals surface area (Å²) in [5, 5.41) is 11.0. The normalized spacial score (nSPS) is 15.2. The van der Waals surface area contributed by atoms with Crippen LogP contribution in [-0.4, -0.2) is 28.4 Å². The third-order valence-corrected chi connectivity index (χ3v) is 3.70. The van der Waals surface area contributed by atoms with Gasteiger partial charge in [0, 0.05) is 30.0 Å². The van der Waals surface area contributed by atoms with Gasteiger partial charge in [0.1, 0.15) is 19.1 Å². The van der Waals surface area contributed by atoms with E-state index < -0.39 is 29.4 Å². The molecule has 24 heavy (non-hydrogen) atoms. The second-order valence-corrected chi connectivity index (χ2v) is 5.31. The van der Waals surface area contributed by atoms with Crippen LogP contribution >= 0.6 is 0 Å². The van der Waals surface area contributed by atoms with E-state index in [0.717, 1.165) is 6.08 Å². The van der Waals surface area contributed by atoms with Crippen molar-refractivity contribution < 1.29 is 18.4 Å². The number of non-ortho nitro benzene ring substituents is 1. The van der Waals surface area contributed by atoms with Gasteiger partial charge in [-0.25, -0.2) is 8.78 Å². The first kappa shape index (κ1) is 15.9. The Morgan fingerprint density at radius 1 is 1.21 bits per heavy atom. The predicted molar refractivity (Wildman–Crippen MR) is 82.5 cm³/mol. The van der Waals surface area contributed by atoms with E-state index in [4.69, 9.17) is 4.74 Å². The molecule has 2 aromatic rings. The van der Waals surface area contributed by atoms with Crippen molar-refractivity contribution >= 4 is 11.4 Å². The molecular weight excluding hydrogens is 322 g/mol. The highest BCUT2D eigenvalue weighted by atomic mass is 19.1. The maximum atomic E-state index is 13.4. The molecule has 0 unspecified atom stereocenters. The number of pyridine rings is 1. The van der Waals surface area contributed by atoms with E-state index in [-0.39, 0.29) is 22.7 Å². The highest BCUT2D eigenvalue weighted by Gasteiger charge is 2.37. The number of fused-ring (bicyclic) bond motifs is 1. The number of benzene rings is 1. The quantitative estimate of drug-likeness (QED) is 0.636. The Morgan fingerprint density at radius 3 is 2.58 bits per heavy atom. The smallest absolute Gasteiger partial charge is 0.270 e. The van der Waals surface area contributed by atoms with Crippen molar-refractivity contribution in [1.29, 1.82) is 0 Å². The van der Waals surface area contributed by atoms with E-state index in [1.165, 1.54) is 41.1 Å². The van der Waals surface area contributed by atoms with Gasteiger partial charge >= 0.3 is 0 Å². The van der Waals surface area contributed by atoms with Gasteiger partial charge in [-0.3, -0.25) is 19.5 Å².